The summed E-state index contributed by atoms with van der Waals surface area (Å²) >= 11 is 0. The molecule has 1 aromatic carbocycles. The second-order valence-electron chi connectivity index (χ2n) is 4.32. The first-order valence-corrected chi connectivity index (χ1v) is 6.46. The molecule has 0 aliphatic heterocycles. The lowest BCUT2D eigenvalue weighted by Gasteiger charge is -2.16. The minimum absolute atomic E-state index is 0.152. The van der Waals surface area contributed by atoms with Crippen LogP contribution < -0.4 is 16.0 Å². The molecule has 0 radical (unpaired) electrons. The molecule has 1 aromatic rings. The molecule has 1 unspecified atom stereocenters. The van der Waals surface area contributed by atoms with Gasteiger partial charge in [-0.2, -0.15) is 0 Å². The van der Waals surface area contributed by atoms with E-state index < -0.39 is 0 Å². The maximum Gasteiger partial charge on any atom is 0.118 e. The Labute approximate surface area is 115 Å². The van der Waals surface area contributed by atoms with Crippen LogP contribution in [0, 0.1) is 0 Å². The molecule has 0 saturated heterocycles. The number of rotatable bonds is 10. The molecule has 3 N–H and O–H groups in total. The maximum absolute atomic E-state index is 5.52. The van der Waals surface area contributed by atoms with E-state index in [0.29, 0.717) is 19.8 Å². The molecular formula is C14H24N2O3. The quantitative estimate of drug-likeness (QED) is 0.378. The van der Waals surface area contributed by atoms with Crippen LogP contribution in [0.3, 0.4) is 0 Å². The molecule has 0 saturated carbocycles. The van der Waals surface area contributed by atoms with Crippen molar-refractivity contribution in [2.75, 3.05) is 34.0 Å². The van der Waals surface area contributed by atoms with Crippen LogP contribution in [0.4, 0.5) is 0 Å². The second kappa shape index (κ2) is 9.75. The fraction of sp³-hybridized carbons (Fsp3) is 0.571. The number of hydrogen-bond acceptors (Lipinski definition) is 5. The molecule has 0 heterocycles. The molecule has 1 atom stereocenters. The zero-order valence-corrected chi connectivity index (χ0v) is 11.7. The molecule has 108 valence electrons. The third-order valence-electron chi connectivity index (χ3n) is 2.93. The van der Waals surface area contributed by atoms with Gasteiger partial charge in [0.05, 0.1) is 26.9 Å². The van der Waals surface area contributed by atoms with Crippen LogP contribution in [0.25, 0.3) is 0 Å². The Morgan fingerprint density at radius 1 is 1.16 bits per heavy atom. The predicted octanol–water partition coefficient (Wildman–Crippen LogP) is 1.12. The zero-order valence-electron chi connectivity index (χ0n) is 11.7. The van der Waals surface area contributed by atoms with E-state index in [9.17, 15) is 0 Å². The van der Waals surface area contributed by atoms with Crippen LogP contribution in [-0.4, -0.2) is 40.1 Å². The summed E-state index contributed by atoms with van der Waals surface area (Å²) in [6, 6.07) is 8.22. The Morgan fingerprint density at radius 2 is 1.89 bits per heavy atom. The van der Waals surface area contributed by atoms with E-state index in [2.05, 4.69) is 17.6 Å². The highest BCUT2D eigenvalue weighted by molar-refractivity contribution is 5.27. The summed E-state index contributed by atoms with van der Waals surface area (Å²) in [7, 11) is 3.33. The van der Waals surface area contributed by atoms with Crippen molar-refractivity contribution in [2.45, 2.75) is 18.9 Å². The van der Waals surface area contributed by atoms with Gasteiger partial charge in [0.25, 0.3) is 0 Å². The highest BCUT2D eigenvalue weighted by Crippen LogP contribution is 2.13. The van der Waals surface area contributed by atoms with E-state index in [1.54, 1.807) is 14.2 Å². The minimum atomic E-state index is 0.152. The largest absolute Gasteiger partial charge is 0.497 e. The first-order valence-electron chi connectivity index (χ1n) is 6.46. The molecule has 5 heteroatoms. The maximum atomic E-state index is 5.52. The number of hydrogen-bond donors (Lipinski definition) is 2. The minimum Gasteiger partial charge on any atom is -0.497 e. The van der Waals surface area contributed by atoms with Crippen molar-refractivity contribution in [2.24, 2.45) is 5.84 Å². The first-order chi connectivity index (χ1) is 9.30. The van der Waals surface area contributed by atoms with E-state index in [4.69, 9.17) is 20.1 Å². The van der Waals surface area contributed by atoms with Crippen molar-refractivity contribution in [1.82, 2.24) is 5.43 Å². The molecule has 0 fully saturated rings. The molecule has 5 nitrogen and oxygen atoms in total. The van der Waals surface area contributed by atoms with Crippen LogP contribution >= 0.6 is 0 Å². The van der Waals surface area contributed by atoms with Crippen LogP contribution in [0.15, 0.2) is 24.3 Å². The van der Waals surface area contributed by atoms with Crippen molar-refractivity contribution in [3.05, 3.63) is 29.8 Å². The standard InChI is InChI=1S/C14H24N2O3/c1-17-9-10-19-11-13(16-15)6-3-12-4-7-14(18-2)8-5-12/h4-5,7-8,13,16H,3,6,9-11,15H2,1-2H3. The van der Waals surface area contributed by atoms with Crippen molar-refractivity contribution < 1.29 is 14.2 Å². The fourth-order valence-corrected chi connectivity index (χ4v) is 1.72. The number of aryl methyl sites for hydroxylation is 1. The Hall–Kier alpha value is -1.14. The predicted molar refractivity (Wildman–Crippen MR) is 75.1 cm³/mol. The van der Waals surface area contributed by atoms with Crippen LogP contribution in [0.1, 0.15) is 12.0 Å². The molecule has 0 spiro atoms. The average molecular weight is 268 g/mol. The molecule has 19 heavy (non-hydrogen) atoms. The molecule has 0 aliphatic rings. The normalized spacial score (nSPS) is 12.4. The number of benzene rings is 1. The Morgan fingerprint density at radius 3 is 2.47 bits per heavy atom. The Balaban J connectivity index is 2.27. The van der Waals surface area contributed by atoms with Crippen molar-refractivity contribution in [3.63, 3.8) is 0 Å². The molecule has 0 amide bonds. The van der Waals surface area contributed by atoms with Crippen LogP contribution in [0.5, 0.6) is 5.75 Å². The van der Waals surface area contributed by atoms with Gasteiger partial charge in [0.2, 0.25) is 0 Å². The van der Waals surface area contributed by atoms with Gasteiger partial charge in [-0.1, -0.05) is 12.1 Å². The van der Waals surface area contributed by atoms with Gasteiger partial charge in [-0.3, -0.25) is 11.3 Å². The summed E-state index contributed by atoms with van der Waals surface area (Å²) in [5.41, 5.74) is 4.04. The van der Waals surface area contributed by atoms with Gasteiger partial charge in [-0.05, 0) is 30.5 Å². The van der Waals surface area contributed by atoms with Gasteiger partial charge in [0.15, 0.2) is 0 Å². The molecule has 0 bridgehead atoms. The first kappa shape index (κ1) is 15.9. The van der Waals surface area contributed by atoms with Crippen molar-refractivity contribution in [1.29, 1.82) is 0 Å². The highest BCUT2D eigenvalue weighted by Gasteiger charge is 2.07. The van der Waals surface area contributed by atoms with E-state index in [1.165, 1.54) is 5.56 Å². The lowest BCUT2D eigenvalue weighted by Crippen LogP contribution is -2.39. The summed E-state index contributed by atoms with van der Waals surface area (Å²) in [4.78, 5) is 0. The SMILES string of the molecule is COCCOCC(CCc1ccc(OC)cc1)NN. The van der Waals surface area contributed by atoms with Crippen molar-refractivity contribution >= 4 is 0 Å². The summed E-state index contributed by atoms with van der Waals surface area (Å²) in [6.07, 6.45) is 1.88. The van der Waals surface area contributed by atoms with Gasteiger partial charge < -0.3 is 14.2 Å². The molecule has 1 rings (SSSR count). The van der Waals surface area contributed by atoms with Crippen molar-refractivity contribution in [3.8, 4) is 5.75 Å². The van der Waals surface area contributed by atoms with Crippen LogP contribution in [-0.2, 0) is 15.9 Å². The molecular weight excluding hydrogens is 244 g/mol. The Bertz CT molecular complexity index is 330. The van der Waals surface area contributed by atoms with Gasteiger partial charge in [0, 0.05) is 13.2 Å². The number of ether oxygens (including phenoxy) is 3. The third-order valence-corrected chi connectivity index (χ3v) is 2.93. The monoisotopic (exact) mass is 268 g/mol. The van der Waals surface area contributed by atoms with Crippen LogP contribution in [0.2, 0.25) is 0 Å². The van der Waals surface area contributed by atoms with Gasteiger partial charge in [-0.25, -0.2) is 0 Å². The lowest BCUT2D eigenvalue weighted by molar-refractivity contribution is 0.0575. The molecule has 0 aliphatic carbocycles. The third kappa shape index (κ3) is 6.54. The van der Waals surface area contributed by atoms with Gasteiger partial charge in [-0.15, -0.1) is 0 Å². The number of nitrogens with one attached hydrogen (secondary N) is 1. The zero-order chi connectivity index (χ0) is 13.9. The number of methoxy groups -OCH3 is 2. The van der Waals surface area contributed by atoms with E-state index in [0.717, 1.165) is 18.6 Å². The lowest BCUT2D eigenvalue weighted by atomic mass is 10.1. The smallest absolute Gasteiger partial charge is 0.118 e. The number of hydrazine groups is 1. The summed E-state index contributed by atoms with van der Waals surface area (Å²) < 4.78 is 15.5. The van der Waals surface area contributed by atoms with E-state index >= 15 is 0 Å². The fourth-order valence-electron chi connectivity index (χ4n) is 1.72. The topological polar surface area (TPSA) is 65.7 Å². The van der Waals surface area contributed by atoms with Gasteiger partial charge in [0.1, 0.15) is 5.75 Å². The Kier molecular flexibility index (Phi) is 8.16. The van der Waals surface area contributed by atoms with E-state index in [1.807, 2.05) is 12.1 Å². The molecule has 0 aromatic heterocycles. The second-order valence-corrected chi connectivity index (χ2v) is 4.32. The van der Waals surface area contributed by atoms with Gasteiger partial charge >= 0.3 is 0 Å². The highest BCUT2D eigenvalue weighted by atomic mass is 16.5. The average Bonchev–Trinajstić information content (AvgIpc) is 2.47. The summed E-state index contributed by atoms with van der Waals surface area (Å²) in [5, 5.41) is 0. The van der Waals surface area contributed by atoms with E-state index in [-0.39, 0.29) is 6.04 Å². The summed E-state index contributed by atoms with van der Waals surface area (Å²) in [5.74, 6) is 6.39. The number of nitrogens with two attached hydrogens (primary N) is 1. The summed E-state index contributed by atoms with van der Waals surface area (Å²) in [6.45, 7) is 1.79.